The van der Waals surface area contributed by atoms with Gasteiger partial charge in [0.1, 0.15) is 11.5 Å². The van der Waals surface area contributed by atoms with Crippen molar-refractivity contribution >= 4 is 222 Å². The van der Waals surface area contributed by atoms with Gasteiger partial charge in [0, 0.05) is 22.9 Å². The van der Waals surface area contributed by atoms with Crippen LogP contribution in [-0.2, 0) is 24.5 Å². The molecule has 0 spiro atoms. The number of alkyl halides is 12. The Hall–Kier alpha value is 4.70. The smallest absolute Gasteiger partial charge is 0.414 e. The summed E-state index contributed by atoms with van der Waals surface area (Å²) in [5.74, 6) is 0.706. The number of benzene rings is 2. The summed E-state index contributed by atoms with van der Waals surface area (Å²) in [6.07, 6.45) is 0. The van der Waals surface area contributed by atoms with Crippen LogP contribution >= 0.6 is 210 Å². The van der Waals surface area contributed by atoms with Gasteiger partial charge in [0.05, 0.1) is 11.9 Å². The van der Waals surface area contributed by atoms with Gasteiger partial charge in [-0.05, 0) is 23.3 Å². The summed E-state index contributed by atoms with van der Waals surface area (Å²) in [5, 5.41) is 0. The molecular formula is C16H6Br12ClO3PS. The third kappa shape index (κ3) is 10.2. The van der Waals surface area contributed by atoms with Crippen molar-refractivity contribution in [1.29, 1.82) is 0 Å². The van der Waals surface area contributed by atoms with Crippen molar-refractivity contribution < 1.29 is 13.1 Å². The minimum atomic E-state index is -3.60. The standard InChI is InChI=1S/C16H6Br12ClO3PS/c17-13(18,19)7-1-3-9(15(23,24)25)11(5-7)30-33(34,32-29)31-12-6-8(14(20,21)22)2-4-10(12)16(26,27)28/h1-6H. The molecule has 0 aliphatic rings. The highest BCUT2D eigenvalue weighted by Gasteiger charge is 2.36. The Balaban J connectivity index is 2.63. The summed E-state index contributed by atoms with van der Waals surface area (Å²) in [4.78, 5) is 0. The molecule has 0 radical (unpaired) electrons. The highest BCUT2D eigenvalue weighted by Crippen LogP contribution is 2.59. The molecule has 190 valence electrons. The highest BCUT2D eigenvalue weighted by molar-refractivity contribution is 9.39. The number of hydrogen-bond acceptors (Lipinski definition) is 4. The zero-order valence-electron chi connectivity index (χ0n) is 15.5. The molecule has 0 atom stereocenters. The first-order valence-corrected chi connectivity index (χ1v) is 20.4. The normalized spacial score (nSPS) is 13.7. The van der Waals surface area contributed by atoms with Gasteiger partial charge in [-0.1, -0.05) is 215 Å². The molecule has 2 aromatic rings. The van der Waals surface area contributed by atoms with E-state index in [9.17, 15) is 0 Å². The van der Waals surface area contributed by atoms with Crippen LogP contribution in [0.15, 0.2) is 36.4 Å². The van der Waals surface area contributed by atoms with Crippen LogP contribution in [0.3, 0.4) is 0 Å². The van der Waals surface area contributed by atoms with Gasteiger partial charge in [0.15, 0.2) is 8.57 Å². The molecule has 0 saturated carbocycles. The molecule has 3 nitrogen and oxygen atoms in total. The molecule has 2 rings (SSSR count). The molecule has 0 fully saturated rings. The van der Waals surface area contributed by atoms with Crippen molar-refractivity contribution in [3.63, 3.8) is 0 Å². The first-order valence-electron chi connectivity index (χ1n) is 8.04. The maximum absolute atomic E-state index is 6.16. The fraction of sp³-hybridized carbons (Fsp3) is 0.250. The van der Waals surface area contributed by atoms with E-state index >= 15 is 0 Å². The van der Waals surface area contributed by atoms with E-state index < -0.39 is 15.3 Å². The molecule has 0 saturated heterocycles. The van der Waals surface area contributed by atoms with Crippen molar-refractivity contribution in [1.82, 2.24) is 0 Å². The highest BCUT2D eigenvalue weighted by atomic mass is 80.0. The molecule has 0 aliphatic heterocycles. The Bertz CT molecular complexity index is 1010. The maximum Gasteiger partial charge on any atom is 0.451 e. The minimum Gasteiger partial charge on any atom is -0.414 e. The molecule has 0 aliphatic carbocycles. The molecule has 0 amide bonds. The van der Waals surface area contributed by atoms with Gasteiger partial charge in [-0.15, -0.1) is 0 Å². The van der Waals surface area contributed by atoms with E-state index in [0.717, 1.165) is 11.1 Å². The second kappa shape index (κ2) is 13.3. The first-order chi connectivity index (χ1) is 15.2. The summed E-state index contributed by atoms with van der Waals surface area (Å²) in [6, 6.07) is 10.9. The molecule has 0 heterocycles. The predicted molar refractivity (Wildman–Crippen MR) is 189 cm³/mol. The van der Waals surface area contributed by atoms with Gasteiger partial charge in [-0.25, -0.2) is 0 Å². The molecule has 0 bridgehead atoms. The summed E-state index contributed by atoms with van der Waals surface area (Å²) >= 11 is 53.8. The SMILES string of the molecule is S=P(OCl)(Oc1cc(C(Br)(Br)Br)ccc1C(Br)(Br)Br)Oc1cc(C(Br)(Br)Br)ccc1C(Br)(Br)Br. The third-order valence-electron chi connectivity index (χ3n) is 3.73. The molecule has 0 unspecified atom stereocenters. The van der Waals surface area contributed by atoms with E-state index in [1.807, 2.05) is 24.3 Å². The second-order valence-electron chi connectivity index (χ2n) is 6.11. The molecule has 34 heavy (non-hydrogen) atoms. The van der Waals surface area contributed by atoms with E-state index in [1.54, 1.807) is 12.1 Å². The van der Waals surface area contributed by atoms with Gasteiger partial charge < -0.3 is 9.05 Å². The third-order valence-corrected chi connectivity index (χ3v) is 11.5. The van der Waals surface area contributed by atoms with Crippen LogP contribution in [0.25, 0.3) is 0 Å². The fourth-order valence-electron chi connectivity index (χ4n) is 2.30. The largest absolute Gasteiger partial charge is 0.451 e. The lowest BCUT2D eigenvalue weighted by Crippen LogP contribution is -2.10. The summed E-state index contributed by atoms with van der Waals surface area (Å²) in [7, 11) is 0. The van der Waals surface area contributed by atoms with E-state index in [4.69, 9.17) is 36.8 Å². The van der Waals surface area contributed by atoms with E-state index in [1.165, 1.54) is 0 Å². The molecule has 0 aromatic heterocycles. The quantitative estimate of drug-likeness (QED) is 0.220. The minimum absolute atomic E-state index is 0.353. The van der Waals surface area contributed by atoms with Crippen LogP contribution in [0.2, 0.25) is 0 Å². The predicted octanol–water partition coefficient (Wildman–Crippen LogP) is 13.7. The number of rotatable bonds is 5. The summed E-state index contributed by atoms with van der Waals surface area (Å²) in [6.45, 7) is -3.60. The van der Waals surface area contributed by atoms with Crippen molar-refractivity contribution in [3.8, 4) is 11.5 Å². The zero-order valence-corrected chi connectivity index (χ0v) is 37.0. The lowest BCUT2D eigenvalue weighted by Gasteiger charge is -2.27. The Morgan fingerprint density at radius 3 is 1.15 bits per heavy atom. The van der Waals surface area contributed by atoms with E-state index in [2.05, 4.69) is 191 Å². The van der Waals surface area contributed by atoms with Crippen LogP contribution in [0.5, 0.6) is 11.5 Å². The molecule has 2 aromatic carbocycles. The van der Waals surface area contributed by atoms with Crippen LogP contribution in [-0.4, -0.2) is 0 Å². The average Bonchev–Trinajstić information content (AvgIpc) is 2.64. The van der Waals surface area contributed by atoms with Crippen molar-refractivity contribution in [3.05, 3.63) is 58.7 Å². The molecular weight excluding hydrogens is 1300 g/mol. The number of halogens is 13. The average molecular weight is 1300 g/mol. The maximum atomic E-state index is 6.16. The monoisotopic (exact) mass is 1290 g/mol. The lowest BCUT2D eigenvalue weighted by atomic mass is 10.1. The van der Waals surface area contributed by atoms with Crippen LogP contribution in [0, 0.1) is 0 Å². The number of hydrogen-bond donors (Lipinski definition) is 0. The van der Waals surface area contributed by atoms with Gasteiger partial charge in [0.2, 0.25) is 0 Å². The van der Waals surface area contributed by atoms with Crippen molar-refractivity contribution in [2.24, 2.45) is 0 Å². The van der Waals surface area contributed by atoms with Gasteiger partial charge >= 0.3 is 6.72 Å². The van der Waals surface area contributed by atoms with Gasteiger partial charge in [0.25, 0.3) is 0 Å². The molecule has 18 heteroatoms. The first kappa shape index (κ1) is 34.9. The van der Waals surface area contributed by atoms with Crippen LogP contribution in [0.1, 0.15) is 22.3 Å². The summed E-state index contributed by atoms with van der Waals surface area (Å²) < 4.78 is 14.4. The Morgan fingerprint density at radius 1 is 0.588 bits per heavy atom. The van der Waals surface area contributed by atoms with Crippen LogP contribution in [0.4, 0.5) is 0 Å². The van der Waals surface area contributed by atoms with Gasteiger partial charge in [-0.2, -0.15) is 4.08 Å². The van der Waals surface area contributed by atoms with Crippen molar-refractivity contribution in [2.45, 2.75) is 8.57 Å². The lowest BCUT2D eigenvalue weighted by molar-refractivity contribution is 0.395. The second-order valence-corrected chi connectivity index (χ2v) is 36.3. The topological polar surface area (TPSA) is 27.7 Å². The zero-order chi connectivity index (χ0) is 26.3. The fourth-order valence-corrected chi connectivity index (χ4v) is 7.28. The van der Waals surface area contributed by atoms with E-state index in [-0.39, 0.29) is 0 Å². The van der Waals surface area contributed by atoms with Crippen molar-refractivity contribution in [2.75, 3.05) is 0 Å². The Morgan fingerprint density at radius 2 is 0.912 bits per heavy atom. The summed E-state index contributed by atoms with van der Waals surface area (Å²) in [5.41, 5.74) is 2.88. The van der Waals surface area contributed by atoms with E-state index in [0.29, 0.717) is 22.6 Å². The van der Waals surface area contributed by atoms with Crippen LogP contribution < -0.4 is 9.05 Å². The Kier molecular flexibility index (Phi) is 13.7. The molecule has 0 N–H and O–H groups in total. The van der Waals surface area contributed by atoms with Gasteiger partial charge in [-0.3, -0.25) is 0 Å². The Labute approximate surface area is 308 Å².